The van der Waals surface area contributed by atoms with Crippen LogP contribution in [-0.2, 0) is 25.6 Å². The Morgan fingerprint density at radius 2 is 1.82 bits per heavy atom. The van der Waals surface area contributed by atoms with Gasteiger partial charge < -0.3 is 0 Å². The average molecular weight is 300 g/mol. The molecule has 4 amide bonds. The number of rotatable bonds is 2. The van der Waals surface area contributed by atoms with E-state index in [1.165, 1.54) is 6.92 Å². The molecule has 2 atom stereocenters. The third-order valence-electron chi connectivity index (χ3n) is 4.18. The second-order valence-electron chi connectivity index (χ2n) is 5.59. The van der Waals surface area contributed by atoms with Crippen LogP contribution in [0.5, 0.6) is 0 Å². The third-order valence-corrected chi connectivity index (χ3v) is 4.18. The standard InChI is InChI=1S/C16H16N2O4/c1-10(19)17-13(9-11-5-3-2-4-6-11)16(22)18-12(15(17)21)7-8-14(18)20/h2-6,12-13H,7-9H2,1H3. The van der Waals surface area contributed by atoms with E-state index >= 15 is 0 Å². The Bertz CT molecular complexity index is 655. The molecule has 0 saturated carbocycles. The highest BCUT2D eigenvalue weighted by Gasteiger charge is 2.52. The molecule has 2 heterocycles. The van der Waals surface area contributed by atoms with Crippen molar-refractivity contribution in [3.63, 3.8) is 0 Å². The monoisotopic (exact) mass is 300 g/mol. The van der Waals surface area contributed by atoms with E-state index in [1.807, 2.05) is 30.3 Å². The van der Waals surface area contributed by atoms with Crippen LogP contribution in [0.25, 0.3) is 0 Å². The molecule has 0 aliphatic carbocycles. The number of nitrogens with zero attached hydrogens (tertiary/aromatic N) is 2. The van der Waals surface area contributed by atoms with Gasteiger partial charge >= 0.3 is 0 Å². The smallest absolute Gasteiger partial charge is 0.253 e. The first-order chi connectivity index (χ1) is 10.5. The van der Waals surface area contributed by atoms with E-state index in [2.05, 4.69) is 0 Å². The number of piperazine rings is 1. The molecule has 0 N–H and O–H groups in total. The number of imide groups is 2. The van der Waals surface area contributed by atoms with Crippen LogP contribution in [0, 0.1) is 0 Å². The van der Waals surface area contributed by atoms with Crippen LogP contribution in [0.4, 0.5) is 0 Å². The molecule has 1 aromatic carbocycles. The normalized spacial score (nSPS) is 24.7. The highest BCUT2D eigenvalue weighted by Crippen LogP contribution is 2.29. The van der Waals surface area contributed by atoms with E-state index in [-0.39, 0.29) is 18.7 Å². The largest absolute Gasteiger partial charge is 0.275 e. The summed E-state index contributed by atoms with van der Waals surface area (Å²) in [4.78, 5) is 51.0. The summed E-state index contributed by atoms with van der Waals surface area (Å²) in [5.41, 5.74) is 0.838. The Kier molecular flexibility index (Phi) is 3.52. The number of amides is 4. The average Bonchev–Trinajstić information content (AvgIpc) is 2.88. The van der Waals surface area contributed by atoms with Gasteiger partial charge in [0.15, 0.2) is 0 Å². The van der Waals surface area contributed by atoms with Crippen molar-refractivity contribution in [1.82, 2.24) is 9.80 Å². The summed E-state index contributed by atoms with van der Waals surface area (Å²) in [6, 6.07) is 7.41. The molecule has 3 rings (SSSR count). The van der Waals surface area contributed by atoms with Crippen molar-refractivity contribution in [2.24, 2.45) is 0 Å². The van der Waals surface area contributed by atoms with Crippen LogP contribution in [0.3, 0.4) is 0 Å². The minimum atomic E-state index is -0.939. The zero-order valence-electron chi connectivity index (χ0n) is 12.2. The number of hydrogen-bond acceptors (Lipinski definition) is 4. The zero-order chi connectivity index (χ0) is 15.9. The molecule has 0 bridgehead atoms. The predicted octanol–water partition coefficient (Wildman–Crippen LogP) is 0.504. The van der Waals surface area contributed by atoms with Gasteiger partial charge in [-0.25, -0.2) is 0 Å². The van der Waals surface area contributed by atoms with Gasteiger partial charge in [0.05, 0.1) is 0 Å². The minimum absolute atomic E-state index is 0.173. The molecule has 2 saturated heterocycles. The lowest BCUT2D eigenvalue weighted by Gasteiger charge is -2.39. The number of hydrogen-bond donors (Lipinski definition) is 0. The van der Waals surface area contributed by atoms with Gasteiger partial charge in [-0.2, -0.15) is 0 Å². The van der Waals surface area contributed by atoms with Crippen molar-refractivity contribution in [3.05, 3.63) is 35.9 Å². The fraction of sp³-hybridized carbons (Fsp3) is 0.375. The number of carbonyl (C=O) groups excluding carboxylic acids is 4. The maximum Gasteiger partial charge on any atom is 0.253 e. The lowest BCUT2D eigenvalue weighted by Crippen LogP contribution is -2.65. The zero-order valence-corrected chi connectivity index (χ0v) is 12.2. The second kappa shape index (κ2) is 5.36. The molecule has 0 spiro atoms. The molecule has 6 nitrogen and oxygen atoms in total. The molecule has 1 aromatic rings. The molecule has 2 fully saturated rings. The molecule has 114 valence electrons. The molecular formula is C16H16N2O4. The van der Waals surface area contributed by atoms with Crippen LogP contribution in [0.2, 0.25) is 0 Å². The van der Waals surface area contributed by atoms with Gasteiger partial charge in [0.2, 0.25) is 11.8 Å². The van der Waals surface area contributed by atoms with Crippen molar-refractivity contribution in [2.75, 3.05) is 0 Å². The highest BCUT2D eigenvalue weighted by molar-refractivity contribution is 6.13. The topological polar surface area (TPSA) is 74.8 Å². The Hall–Kier alpha value is -2.50. The van der Waals surface area contributed by atoms with Gasteiger partial charge in [0, 0.05) is 19.8 Å². The van der Waals surface area contributed by atoms with Gasteiger partial charge in [-0.05, 0) is 12.0 Å². The maximum atomic E-state index is 12.6. The van der Waals surface area contributed by atoms with E-state index in [4.69, 9.17) is 0 Å². The molecular weight excluding hydrogens is 284 g/mol. The molecule has 22 heavy (non-hydrogen) atoms. The molecule has 2 aliphatic rings. The molecule has 2 unspecified atom stereocenters. The van der Waals surface area contributed by atoms with Crippen LogP contribution in [0.1, 0.15) is 25.3 Å². The van der Waals surface area contributed by atoms with Gasteiger partial charge in [-0.15, -0.1) is 0 Å². The summed E-state index contributed by atoms with van der Waals surface area (Å²) in [6.07, 6.45) is 0.693. The highest BCUT2D eigenvalue weighted by atomic mass is 16.2. The number of carbonyl (C=O) groups is 4. The van der Waals surface area contributed by atoms with Crippen LogP contribution >= 0.6 is 0 Å². The lowest BCUT2D eigenvalue weighted by molar-refractivity contribution is -0.168. The quantitative estimate of drug-likeness (QED) is 0.746. The fourth-order valence-corrected chi connectivity index (χ4v) is 3.17. The SMILES string of the molecule is CC(=O)N1C(=O)C2CCC(=O)N2C(=O)C1Cc1ccccc1. The van der Waals surface area contributed by atoms with Gasteiger partial charge in [0.1, 0.15) is 12.1 Å². The first kappa shape index (κ1) is 14.4. The molecule has 0 radical (unpaired) electrons. The summed E-state index contributed by atoms with van der Waals surface area (Å²) in [6.45, 7) is 1.27. The summed E-state index contributed by atoms with van der Waals surface area (Å²) >= 11 is 0. The summed E-state index contributed by atoms with van der Waals surface area (Å²) in [7, 11) is 0. The van der Waals surface area contributed by atoms with Crippen molar-refractivity contribution >= 4 is 23.6 Å². The Morgan fingerprint density at radius 1 is 1.14 bits per heavy atom. The van der Waals surface area contributed by atoms with Crippen molar-refractivity contribution in [2.45, 2.75) is 38.3 Å². The predicted molar refractivity (Wildman–Crippen MR) is 76.3 cm³/mol. The van der Waals surface area contributed by atoms with Crippen LogP contribution in [0.15, 0.2) is 30.3 Å². The Labute approximate surface area is 127 Å². The molecule has 6 heteroatoms. The van der Waals surface area contributed by atoms with E-state index < -0.39 is 29.8 Å². The van der Waals surface area contributed by atoms with Crippen molar-refractivity contribution in [3.8, 4) is 0 Å². The third kappa shape index (κ3) is 2.20. The fourth-order valence-electron chi connectivity index (χ4n) is 3.17. The Balaban J connectivity index is 1.97. The number of benzene rings is 1. The van der Waals surface area contributed by atoms with E-state index in [1.54, 1.807) is 0 Å². The van der Waals surface area contributed by atoms with Gasteiger partial charge in [0.25, 0.3) is 11.8 Å². The summed E-state index contributed by atoms with van der Waals surface area (Å²) in [5, 5.41) is 0. The van der Waals surface area contributed by atoms with E-state index in [0.717, 1.165) is 15.4 Å². The van der Waals surface area contributed by atoms with E-state index in [0.29, 0.717) is 6.42 Å². The Morgan fingerprint density at radius 3 is 2.45 bits per heavy atom. The first-order valence-electron chi connectivity index (χ1n) is 7.24. The number of fused-ring (bicyclic) bond motifs is 1. The minimum Gasteiger partial charge on any atom is -0.275 e. The molecule has 2 aliphatic heterocycles. The van der Waals surface area contributed by atoms with Crippen molar-refractivity contribution in [1.29, 1.82) is 0 Å². The maximum absolute atomic E-state index is 12.6. The van der Waals surface area contributed by atoms with Gasteiger partial charge in [-0.1, -0.05) is 30.3 Å². The molecule has 0 aromatic heterocycles. The van der Waals surface area contributed by atoms with Crippen LogP contribution < -0.4 is 0 Å². The first-order valence-corrected chi connectivity index (χ1v) is 7.24. The van der Waals surface area contributed by atoms with Crippen molar-refractivity contribution < 1.29 is 19.2 Å². The second-order valence-corrected chi connectivity index (χ2v) is 5.59. The summed E-state index contributed by atoms with van der Waals surface area (Å²) in [5.74, 6) is -1.69. The lowest BCUT2D eigenvalue weighted by atomic mass is 9.98. The summed E-state index contributed by atoms with van der Waals surface area (Å²) < 4.78 is 0. The van der Waals surface area contributed by atoms with E-state index in [9.17, 15) is 19.2 Å². The van der Waals surface area contributed by atoms with Crippen LogP contribution in [-0.4, -0.2) is 45.5 Å². The van der Waals surface area contributed by atoms with Gasteiger partial charge in [-0.3, -0.25) is 29.0 Å².